The molecule has 156 valence electrons. The highest BCUT2D eigenvalue weighted by molar-refractivity contribution is 5.94. The first kappa shape index (κ1) is 20.4. The minimum atomic E-state index is 0.0835. The Morgan fingerprint density at radius 1 is 1.13 bits per heavy atom. The summed E-state index contributed by atoms with van der Waals surface area (Å²) in [6, 6.07) is 20.5. The van der Waals surface area contributed by atoms with Crippen molar-refractivity contribution in [3.8, 4) is 5.69 Å². The Morgan fingerprint density at radius 2 is 2.00 bits per heavy atom. The van der Waals surface area contributed by atoms with Crippen molar-refractivity contribution in [2.45, 2.75) is 31.7 Å². The van der Waals surface area contributed by atoms with Crippen molar-refractivity contribution < 1.29 is 4.79 Å². The van der Waals surface area contributed by atoms with Crippen molar-refractivity contribution in [3.05, 3.63) is 84.2 Å². The first-order valence-corrected chi connectivity index (χ1v) is 10.8. The summed E-state index contributed by atoms with van der Waals surface area (Å²) in [6.07, 6.45) is 8.10. The molecule has 5 heteroatoms. The lowest BCUT2D eigenvalue weighted by atomic mass is 10.0. The summed E-state index contributed by atoms with van der Waals surface area (Å²) in [5.74, 6) is 0.0835. The molecule has 1 aliphatic rings. The number of rotatable bonds is 7. The lowest BCUT2D eigenvalue weighted by Crippen LogP contribution is -2.48. The number of amides is 1. The van der Waals surface area contributed by atoms with Gasteiger partial charge in [0.1, 0.15) is 0 Å². The molecule has 1 unspecified atom stereocenters. The molecule has 2 heterocycles. The minimum Gasteiger partial charge on any atom is -0.337 e. The van der Waals surface area contributed by atoms with Gasteiger partial charge >= 0.3 is 0 Å². The molecule has 1 aromatic heterocycles. The number of hydrogen-bond acceptors (Lipinski definition) is 3. The van der Waals surface area contributed by atoms with Crippen LogP contribution in [0.2, 0.25) is 0 Å². The molecule has 3 aromatic rings. The topological polar surface area (TPSA) is 41.4 Å². The zero-order valence-electron chi connectivity index (χ0n) is 17.7. The number of nitrogens with zero attached hydrogens (tertiary/aromatic N) is 4. The second-order valence-corrected chi connectivity index (χ2v) is 8.10. The molecule has 0 spiro atoms. The number of likely N-dealkylation sites (tertiary alicyclic amines) is 1. The zero-order chi connectivity index (χ0) is 20.8. The summed E-state index contributed by atoms with van der Waals surface area (Å²) >= 11 is 0. The highest BCUT2D eigenvalue weighted by atomic mass is 16.2. The molecule has 0 aliphatic carbocycles. The third-order valence-corrected chi connectivity index (χ3v) is 5.99. The van der Waals surface area contributed by atoms with Gasteiger partial charge in [-0.25, -0.2) is 4.68 Å². The van der Waals surface area contributed by atoms with Crippen LogP contribution in [0.1, 0.15) is 35.2 Å². The van der Waals surface area contributed by atoms with Crippen LogP contribution in [0.3, 0.4) is 0 Å². The van der Waals surface area contributed by atoms with Crippen LogP contribution in [0.5, 0.6) is 0 Å². The van der Waals surface area contributed by atoms with Gasteiger partial charge in [-0.3, -0.25) is 4.79 Å². The standard InChI is InChI=1S/C25H30N4O/c1-27(25(30)22-12-5-13-23(19-22)29-18-8-15-26-29)24-14-7-17-28(20-24)16-6-11-21-9-3-2-4-10-21/h2-5,8-10,12-13,15,18-19,24H,6-7,11,14,16-17,20H2,1H3. The van der Waals surface area contributed by atoms with Crippen molar-refractivity contribution >= 4 is 5.91 Å². The number of benzene rings is 2. The van der Waals surface area contributed by atoms with Crippen molar-refractivity contribution in [3.63, 3.8) is 0 Å². The van der Waals surface area contributed by atoms with E-state index in [0.717, 1.165) is 51.0 Å². The van der Waals surface area contributed by atoms with Gasteiger partial charge in [0.2, 0.25) is 0 Å². The van der Waals surface area contributed by atoms with E-state index in [1.54, 1.807) is 10.9 Å². The molecule has 1 saturated heterocycles. The maximum Gasteiger partial charge on any atom is 0.253 e. The number of aromatic nitrogens is 2. The summed E-state index contributed by atoms with van der Waals surface area (Å²) < 4.78 is 1.78. The van der Waals surface area contributed by atoms with Gasteiger partial charge in [-0.1, -0.05) is 36.4 Å². The Morgan fingerprint density at radius 3 is 2.80 bits per heavy atom. The van der Waals surface area contributed by atoms with Crippen molar-refractivity contribution in [2.75, 3.05) is 26.7 Å². The van der Waals surface area contributed by atoms with E-state index < -0.39 is 0 Å². The fourth-order valence-corrected chi connectivity index (χ4v) is 4.27. The lowest BCUT2D eigenvalue weighted by molar-refractivity contribution is 0.0617. The van der Waals surface area contributed by atoms with Crippen LogP contribution < -0.4 is 0 Å². The Kier molecular flexibility index (Phi) is 6.60. The fourth-order valence-electron chi connectivity index (χ4n) is 4.27. The Labute approximate surface area is 178 Å². The number of aryl methyl sites for hydroxylation is 1. The lowest BCUT2D eigenvalue weighted by Gasteiger charge is -2.37. The molecule has 1 fully saturated rings. The highest BCUT2D eigenvalue weighted by Crippen LogP contribution is 2.19. The molecule has 5 nitrogen and oxygen atoms in total. The van der Waals surface area contributed by atoms with Gasteiger partial charge < -0.3 is 9.80 Å². The molecule has 0 radical (unpaired) electrons. The number of hydrogen-bond donors (Lipinski definition) is 0. The van der Waals surface area contributed by atoms with E-state index in [1.807, 2.05) is 48.5 Å². The Balaban J connectivity index is 1.34. The smallest absolute Gasteiger partial charge is 0.253 e. The normalized spacial score (nSPS) is 17.0. The third kappa shape index (κ3) is 4.97. The molecule has 1 amide bonds. The number of piperidine rings is 1. The van der Waals surface area contributed by atoms with Gasteiger partial charge in [0.15, 0.2) is 0 Å². The predicted molar refractivity (Wildman–Crippen MR) is 120 cm³/mol. The summed E-state index contributed by atoms with van der Waals surface area (Å²) in [6.45, 7) is 3.17. The van der Waals surface area contributed by atoms with Crippen molar-refractivity contribution in [2.24, 2.45) is 0 Å². The maximum absolute atomic E-state index is 13.1. The summed E-state index contributed by atoms with van der Waals surface area (Å²) in [5, 5.41) is 4.27. The molecule has 2 aromatic carbocycles. The average Bonchev–Trinajstić information content (AvgIpc) is 3.34. The van der Waals surface area contributed by atoms with Crippen LogP contribution in [0.25, 0.3) is 5.69 Å². The van der Waals surface area contributed by atoms with Crippen LogP contribution in [-0.4, -0.2) is 58.2 Å². The average molecular weight is 403 g/mol. The van der Waals surface area contributed by atoms with Gasteiger partial charge in [-0.05, 0) is 68.6 Å². The second kappa shape index (κ2) is 9.72. The van der Waals surface area contributed by atoms with Crippen LogP contribution in [0.15, 0.2) is 73.1 Å². The molecule has 4 rings (SSSR count). The maximum atomic E-state index is 13.1. The predicted octanol–water partition coefficient (Wildman–Crippen LogP) is 4.04. The summed E-state index contributed by atoms with van der Waals surface area (Å²) in [7, 11) is 1.95. The third-order valence-electron chi connectivity index (χ3n) is 5.99. The fraction of sp³-hybridized carbons (Fsp3) is 0.360. The van der Waals surface area contributed by atoms with Gasteiger partial charge in [-0.2, -0.15) is 5.10 Å². The van der Waals surface area contributed by atoms with Gasteiger partial charge in [0.05, 0.1) is 5.69 Å². The molecular formula is C25H30N4O. The van der Waals surface area contributed by atoms with Gasteiger partial charge in [-0.15, -0.1) is 0 Å². The molecule has 0 bridgehead atoms. The Hall–Kier alpha value is -2.92. The number of likely N-dealkylation sites (N-methyl/N-ethyl adjacent to an activating group) is 1. The van der Waals surface area contributed by atoms with E-state index in [-0.39, 0.29) is 11.9 Å². The van der Waals surface area contributed by atoms with Crippen LogP contribution in [-0.2, 0) is 6.42 Å². The first-order chi connectivity index (χ1) is 14.7. The van der Waals surface area contributed by atoms with E-state index in [1.165, 1.54) is 5.56 Å². The summed E-state index contributed by atoms with van der Waals surface area (Å²) in [4.78, 5) is 17.6. The van der Waals surface area contributed by atoms with Gasteiger partial charge in [0.25, 0.3) is 5.91 Å². The van der Waals surface area contributed by atoms with Crippen LogP contribution >= 0.6 is 0 Å². The molecule has 1 atom stereocenters. The summed E-state index contributed by atoms with van der Waals surface area (Å²) in [5.41, 5.74) is 3.02. The second-order valence-electron chi connectivity index (χ2n) is 8.10. The van der Waals surface area contributed by atoms with E-state index in [9.17, 15) is 4.79 Å². The van der Waals surface area contributed by atoms with Crippen LogP contribution in [0, 0.1) is 0 Å². The molecule has 0 saturated carbocycles. The van der Waals surface area contributed by atoms with E-state index in [2.05, 4.69) is 40.3 Å². The SMILES string of the molecule is CN(C(=O)c1cccc(-n2cccn2)c1)C1CCCN(CCCc2ccccc2)C1. The molecule has 1 aliphatic heterocycles. The van der Waals surface area contributed by atoms with E-state index >= 15 is 0 Å². The first-order valence-electron chi connectivity index (χ1n) is 10.8. The van der Waals surface area contributed by atoms with Crippen LogP contribution in [0.4, 0.5) is 0 Å². The monoisotopic (exact) mass is 402 g/mol. The van der Waals surface area contributed by atoms with Crippen molar-refractivity contribution in [1.82, 2.24) is 19.6 Å². The minimum absolute atomic E-state index is 0.0835. The van der Waals surface area contributed by atoms with E-state index in [4.69, 9.17) is 0 Å². The van der Waals surface area contributed by atoms with Gasteiger partial charge in [0, 0.05) is 37.6 Å². The molecular weight excluding hydrogens is 372 g/mol. The number of carbonyl (C=O) groups is 1. The quantitative estimate of drug-likeness (QED) is 0.599. The molecule has 0 N–H and O–H groups in total. The Bertz CT molecular complexity index is 939. The van der Waals surface area contributed by atoms with E-state index in [0.29, 0.717) is 5.56 Å². The van der Waals surface area contributed by atoms with Crippen molar-refractivity contribution in [1.29, 1.82) is 0 Å². The number of carbonyl (C=O) groups excluding carboxylic acids is 1. The zero-order valence-corrected chi connectivity index (χ0v) is 17.7. The molecule has 30 heavy (non-hydrogen) atoms. The highest BCUT2D eigenvalue weighted by Gasteiger charge is 2.26. The largest absolute Gasteiger partial charge is 0.337 e.